The summed E-state index contributed by atoms with van der Waals surface area (Å²) in [7, 11) is 0. The summed E-state index contributed by atoms with van der Waals surface area (Å²) in [4.78, 5) is 14.0. The summed E-state index contributed by atoms with van der Waals surface area (Å²) >= 11 is 4.87. The van der Waals surface area contributed by atoms with Crippen LogP contribution < -0.4 is 5.73 Å². The summed E-state index contributed by atoms with van der Waals surface area (Å²) < 4.78 is 0. The maximum atomic E-state index is 12.0. The molecule has 1 atom stereocenters. The van der Waals surface area contributed by atoms with Crippen molar-refractivity contribution in [3.63, 3.8) is 0 Å². The minimum atomic E-state index is -0.368. The van der Waals surface area contributed by atoms with E-state index in [9.17, 15) is 4.79 Å². The second-order valence-electron chi connectivity index (χ2n) is 3.85. The summed E-state index contributed by atoms with van der Waals surface area (Å²) in [5.41, 5.74) is 5.52. The fraction of sp³-hybridized carbons (Fsp3) is 0.800. The van der Waals surface area contributed by atoms with Crippen molar-refractivity contribution in [3.05, 3.63) is 0 Å². The molecule has 0 spiro atoms. The van der Waals surface area contributed by atoms with Crippen molar-refractivity contribution < 1.29 is 9.90 Å². The van der Waals surface area contributed by atoms with Crippen LogP contribution in [-0.4, -0.2) is 40.1 Å². The standard InChI is InChI=1S/C10H18N2O2S/c1-2-8(9(11)15)10(14)12(5-6-13)7-3-4-7/h7-8,13H,2-6H2,1H3,(H2,11,15). The molecule has 1 saturated carbocycles. The van der Waals surface area contributed by atoms with Gasteiger partial charge in [0.25, 0.3) is 0 Å². The van der Waals surface area contributed by atoms with Crippen molar-refractivity contribution in [2.45, 2.75) is 32.2 Å². The fourth-order valence-electron chi connectivity index (χ4n) is 1.66. The first-order valence-corrected chi connectivity index (χ1v) is 5.73. The molecule has 1 amide bonds. The van der Waals surface area contributed by atoms with E-state index in [-0.39, 0.29) is 23.4 Å². The third-order valence-corrected chi connectivity index (χ3v) is 2.95. The van der Waals surface area contributed by atoms with Gasteiger partial charge in [-0.05, 0) is 19.3 Å². The fourth-order valence-corrected chi connectivity index (χ4v) is 1.93. The molecule has 0 saturated heterocycles. The zero-order valence-electron chi connectivity index (χ0n) is 8.98. The zero-order valence-corrected chi connectivity index (χ0v) is 9.80. The Balaban J connectivity index is 2.64. The molecular weight excluding hydrogens is 212 g/mol. The van der Waals surface area contributed by atoms with E-state index in [2.05, 4.69) is 0 Å². The Hall–Kier alpha value is -0.680. The molecule has 5 heteroatoms. The van der Waals surface area contributed by atoms with Crippen LogP contribution in [0.2, 0.25) is 0 Å². The van der Waals surface area contributed by atoms with Crippen molar-refractivity contribution in [1.29, 1.82) is 0 Å². The number of aliphatic hydroxyl groups is 1. The number of amides is 1. The van der Waals surface area contributed by atoms with Gasteiger partial charge >= 0.3 is 0 Å². The topological polar surface area (TPSA) is 66.6 Å². The van der Waals surface area contributed by atoms with E-state index < -0.39 is 0 Å². The molecule has 4 nitrogen and oxygen atoms in total. The summed E-state index contributed by atoms with van der Waals surface area (Å²) in [5, 5.41) is 8.90. The molecule has 1 aliphatic carbocycles. The highest BCUT2D eigenvalue weighted by molar-refractivity contribution is 7.80. The van der Waals surface area contributed by atoms with Crippen molar-refractivity contribution in [3.8, 4) is 0 Å². The molecule has 1 fully saturated rings. The third kappa shape index (κ3) is 3.14. The summed E-state index contributed by atoms with van der Waals surface area (Å²) in [5.74, 6) is -0.395. The molecule has 86 valence electrons. The second-order valence-corrected chi connectivity index (χ2v) is 4.32. The molecule has 0 radical (unpaired) electrons. The molecule has 0 bridgehead atoms. The van der Waals surface area contributed by atoms with Crippen LogP contribution in [0.25, 0.3) is 0 Å². The van der Waals surface area contributed by atoms with Crippen LogP contribution >= 0.6 is 12.2 Å². The molecule has 0 aromatic carbocycles. The number of nitrogens with zero attached hydrogens (tertiary/aromatic N) is 1. The molecule has 1 unspecified atom stereocenters. The number of rotatable bonds is 6. The van der Waals surface area contributed by atoms with Gasteiger partial charge in [0.15, 0.2) is 0 Å². The Kier molecular flexibility index (Phi) is 4.47. The van der Waals surface area contributed by atoms with Gasteiger partial charge in [0.2, 0.25) is 5.91 Å². The van der Waals surface area contributed by atoms with Gasteiger partial charge in [-0.25, -0.2) is 0 Å². The van der Waals surface area contributed by atoms with Crippen molar-refractivity contribution in [1.82, 2.24) is 4.90 Å². The van der Waals surface area contributed by atoms with E-state index in [4.69, 9.17) is 23.1 Å². The zero-order chi connectivity index (χ0) is 11.4. The van der Waals surface area contributed by atoms with Gasteiger partial charge in [-0.3, -0.25) is 4.79 Å². The van der Waals surface area contributed by atoms with Gasteiger partial charge in [0.1, 0.15) is 0 Å². The number of nitrogens with two attached hydrogens (primary N) is 1. The summed E-state index contributed by atoms with van der Waals surface area (Å²) in [6.45, 7) is 2.28. The molecular formula is C10H18N2O2S. The Morgan fingerprint density at radius 2 is 2.27 bits per heavy atom. The van der Waals surface area contributed by atoms with E-state index in [1.54, 1.807) is 4.90 Å². The van der Waals surface area contributed by atoms with E-state index in [1.807, 2.05) is 6.92 Å². The van der Waals surface area contributed by atoms with E-state index in [0.29, 0.717) is 19.0 Å². The van der Waals surface area contributed by atoms with Gasteiger partial charge < -0.3 is 15.7 Å². The molecule has 1 rings (SSSR count). The highest BCUT2D eigenvalue weighted by Crippen LogP contribution is 2.28. The maximum absolute atomic E-state index is 12.0. The molecule has 0 aromatic heterocycles. The van der Waals surface area contributed by atoms with Gasteiger partial charge in [-0.2, -0.15) is 0 Å². The molecule has 0 aromatic rings. The van der Waals surface area contributed by atoms with Crippen LogP contribution in [0, 0.1) is 5.92 Å². The number of hydrogen-bond donors (Lipinski definition) is 2. The largest absolute Gasteiger partial charge is 0.395 e. The quantitative estimate of drug-likeness (QED) is 0.643. The Morgan fingerprint density at radius 3 is 2.60 bits per heavy atom. The van der Waals surface area contributed by atoms with E-state index in [0.717, 1.165) is 12.8 Å². The number of hydrogen-bond acceptors (Lipinski definition) is 3. The van der Waals surface area contributed by atoms with Crippen LogP contribution in [-0.2, 0) is 4.79 Å². The van der Waals surface area contributed by atoms with Crippen molar-refractivity contribution in [2.75, 3.05) is 13.2 Å². The number of carbonyl (C=O) groups excluding carboxylic acids is 1. The monoisotopic (exact) mass is 230 g/mol. The average molecular weight is 230 g/mol. The first-order chi connectivity index (χ1) is 7.11. The lowest BCUT2D eigenvalue weighted by atomic mass is 10.1. The highest BCUT2D eigenvalue weighted by Gasteiger charge is 2.35. The van der Waals surface area contributed by atoms with Crippen LogP contribution in [0.3, 0.4) is 0 Å². The van der Waals surface area contributed by atoms with Gasteiger partial charge in [-0.1, -0.05) is 19.1 Å². The van der Waals surface area contributed by atoms with Crippen LogP contribution in [0.15, 0.2) is 0 Å². The predicted molar refractivity (Wildman–Crippen MR) is 62.4 cm³/mol. The highest BCUT2D eigenvalue weighted by atomic mass is 32.1. The number of thiocarbonyl (C=S) groups is 1. The van der Waals surface area contributed by atoms with Crippen LogP contribution in [0.1, 0.15) is 26.2 Å². The number of carbonyl (C=O) groups is 1. The van der Waals surface area contributed by atoms with Crippen LogP contribution in [0.5, 0.6) is 0 Å². The lowest BCUT2D eigenvalue weighted by Gasteiger charge is -2.25. The number of aliphatic hydroxyl groups excluding tert-OH is 1. The van der Waals surface area contributed by atoms with Crippen molar-refractivity contribution >= 4 is 23.1 Å². The minimum absolute atomic E-state index is 0.00396. The van der Waals surface area contributed by atoms with Gasteiger partial charge in [0.05, 0.1) is 17.5 Å². The van der Waals surface area contributed by atoms with Gasteiger partial charge in [0, 0.05) is 12.6 Å². The smallest absolute Gasteiger partial charge is 0.232 e. The average Bonchev–Trinajstić information content (AvgIpc) is 2.97. The summed E-state index contributed by atoms with van der Waals surface area (Å²) in [6.07, 6.45) is 2.68. The minimum Gasteiger partial charge on any atom is -0.395 e. The van der Waals surface area contributed by atoms with E-state index >= 15 is 0 Å². The van der Waals surface area contributed by atoms with Crippen LogP contribution in [0.4, 0.5) is 0 Å². The SMILES string of the molecule is CCC(C(=O)N(CCO)C1CC1)C(N)=S. The Morgan fingerprint density at radius 1 is 1.67 bits per heavy atom. The molecule has 15 heavy (non-hydrogen) atoms. The molecule has 1 aliphatic rings. The maximum Gasteiger partial charge on any atom is 0.232 e. The Bertz CT molecular complexity index is 254. The Labute approximate surface area is 95.4 Å². The predicted octanol–water partition coefficient (Wildman–Crippen LogP) is 0.282. The first-order valence-electron chi connectivity index (χ1n) is 5.32. The van der Waals surface area contributed by atoms with Crippen molar-refractivity contribution in [2.24, 2.45) is 11.7 Å². The molecule has 0 heterocycles. The lowest BCUT2D eigenvalue weighted by Crippen LogP contribution is -2.43. The van der Waals surface area contributed by atoms with E-state index in [1.165, 1.54) is 0 Å². The molecule has 3 N–H and O–H groups in total. The molecule has 0 aliphatic heterocycles. The first kappa shape index (κ1) is 12.4. The lowest BCUT2D eigenvalue weighted by molar-refractivity contribution is -0.134. The normalized spacial score (nSPS) is 17.2. The van der Waals surface area contributed by atoms with Gasteiger partial charge in [-0.15, -0.1) is 0 Å². The second kappa shape index (κ2) is 5.42. The third-order valence-electron chi connectivity index (χ3n) is 2.66. The summed E-state index contributed by atoms with van der Waals surface area (Å²) in [6, 6.07) is 0.299.